The molecule has 1 fully saturated rings. The lowest BCUT2D eigenvalue weighted by Crippen LogP contribution is -2.44. The van der Waals surface area contributed by atoms with Crippen LogP contribution in [0.3, 0.4) is 0 Å². The summed E-state index contributed by atoms with van der Waals surface area (Å²) in [5.41, 5.74) is 13.4. The van der Waals surface area contributed by atoms with Crippen LogP contribution in [0.2, 0.25) is 0 Å². The standard InChI is InChI=1S/C41H44N8O4/c1-47-19-21-48(22-20-47)31-15-13-29(14-16-31)43-40(42)34-25-33-37(28-9-7-6-8-10-28)46-49(26-27-11-17-32(50-2)18-12-27)38(33)41(45-34)44-30-23-35(51-3)39(53-5)36(24-30)52-4/h6-18,23-25H,19-22,26H2,1-5H3,(H2,42,43)(H,44,45). The van der Waals surface area contributed by atoms with E-state index < -0.39 is 0 Å². The molecule has 1 aliphatic heterocycles. The second kappa shape index (κ2) is 15.5. The Balaban J connectivity index is 1.36. The Morgan fingerprint density at radius 1 is 0.792 bits per heavy atom. The van der Waals surface area contributed by atoms with Gasteiger partial charge in [-0.25, -0.2) is 9.98 Å². The number of hydrogen-bond acceptors (Lipinski definition) is 10. The van der Waals surface area contributed by atoms with Crippen molar-refractivity contribution in [3.63, 3.8) is 0 Å². The van der Waals surface area contributed by atoms with Gasteiger partial charge < -0.3 is 39.8 Å². The summed E-state index contributed by atoms with van der Waals surface area (Å²) < 4.78 is 24.3. The van der Waals surface area contributed by atoms with Crippen LogP contribution in [0.25, 0.3) is 22.2 Å². The topological polar surface area (TPSA) is 125 Å². The van der Waals surface area contributed by atoms with E-state index >= 15 is 0 Å². The van der Waals surface area contributed by atoms with Gasteiger partial charge >= 0.3 is 0 Å². The van der Waals surface area contributed by atoms with Gasteiger partial charge in [-0.1, -0.05) is 42.5 Å². The highest BCUT2D eigenvalue weighted by Crippen LogP contribution is 2.42. The fourth-order valence-electron chi connectivity index (χ4n) is 6.54. The van der Waals surface area contributed by atoms with Gasteiger partial charge in [-0.3, -0.25) is 4.68 Å². The Morgan fingerprint density at radius 2 is 1.47 bits per heavy atom. The molecule has 0 bridgehead atoms. The number of amidine groups is 1. The fraction of sp³-hybridized carbons (Fsp3) is 0.244. The maximum Gasteiger partial charge on any atom is 0.203 e. The number of hydrogen-bond donors (Lipinski definition) is 2. The molecule has 1 saturated heterocycles. The molecule has 3 N–H and O–H groups in total. The number of methoxy groups -OCH3 is 4. The molecule has 12 nitrogen and oxygen atoms in total. The highest BCUT2D eigenvalue weighted by molar-refractivity contribution is 6.06. The molecule has 0 aliphatic carbocycles. The molecule has 7 rings (SSSR count). The molecule has 0 amide bonds. The first-order valence-corrected chi connectivity index (χ1v) is 17.4. The first kappa shape index (κ1) is 35.1. The molecule has 6 aromatic rings. The summed E-state index contributed by atoms with van der Waals surface area (Å²) in [6.07, 6.45) is 0. The van der Waals surface area contributed by atoms with Crippen LogP contribution in [0.4, 0.5) is 22.9 Å². The van der Waals surface area contributed by atoms with Gasteiger partial charge in [0, 0.05) is 60.6 Å². The smallest absolute Gasteiger partial charge is 0.203 e. The highest BCUT2D eigenvalue weighted by atomic mass is 16.5. The molecule has 53 heavy (non-hydrogen) atoms. The Labute approximate surface area is 309 Å². The van der Waals surface area contributed by atoms with E-state index in [2.05, 4.69) is 34.3 Å². The zero-order chi connectivity index (χ0) is 36.9. The summed E-state index contributed by atoms with van der Waals surface area (Å²) in [6.45, 7) is 4.53. The summed E-state index contributed by atoms with van der Waals surface area (Å²) in [7, 11) is 8.56. The van der Waals surface area contributed by atoms with Crippen LogP contribution >= 0.6 is 0 Å². The molecule has 0 saturated carbocycles. The van der Waals surface area contributed by atoms with Crippen molar-refractivity contribution >= 4 is 39.6 Å². The molecule has 0 spiro atoms. The van der Waals surface area contributed by atoms with Gasteiger partial charge in [0.15, 0.2) is 17.3 Å². The van der Waals surface area contributed by atoms with Crippen molar-refractivity contribution in [2.24, 2.45) is 10.7 Å². The first-order valence-electron chi connectivity index (χ1n) is 17.4. The zero-order valence-corrected chi connectivity index (χ0v) is 30.7. The van der Waals surface area contributed by atoms with Crippen LogP contribution in [-0.2, 0) is 6.54 Å². The summed E-state index contributed by atoms with van der Waals surface area (Å²) in [4.78, 5) is 14.7. The highest BCUT2D eigenvalue weighted by Gasteiger charge is 2.22. The Morgan fingerprint density at radius 3 is 2.09 bits per heavy atom. The number of anilines is 3. The average molecular weight is 713 g/mol. The van der Waals surface area contributed by atoms with E-state index in [4.69, 9.17) is 39.8 Å². The lowest BCUT2D eigenvalue weighted by atomic mass is 10.1. The predicted octanol–water partition coefficient (Wildman–Crippen LogP) is 6.71. The molecule has 1 aliphatic rings. The van der Waals surface area contributed by atoms with Gasteiger partial charge in [-0.2, -0.15) is 5.10 Å². The van der Waals surface area contributed by atoms with Crippen LogP contribution in [0.5, 0.6) is 23.0 Å². The van der Waals surface area contributed by atoms with Crippen LogP contribution in [0.15, 0.2) is 102 Å². The van der Waals surface area contributed by atoms with Gasteiger partial charge in [0.05, 0.1) is 40.7 Å². The molecule has 272 valence electrons. The van der Waals surface area contributed by atoms with Crippen molar-refractivity contribution in [1.29, 1.82) is 0 Å². The van der Waals surface area contributed by atoms with Crippen molar-refractivity contribution in [3.8, 4) is 34.3 Å². The van der Waals surface area contributed by atoms with Crippen molar-refractivity contribution < 1.29 is 18.9 Å². The quantitative estimate of drug-likeness (QED) is 0.105. The van der Waals surface area contributed by atoms with E-state index in [-0.39, 0.29) is 5.84 Å². The number of ether oxygens (including phenoxy) is 4. The Kier molecular flexibility index (Phi) is 10.3. The molecule has 4 aromatic carbocycles. The molecule has 0 unspecified atom stereocenters. The lowest BCUT2D eigenvalue weighted by Gasteiger charge is -2.34. The number of rotatable bonds is 12. The molecule has 0 radical (unpaired) electrons. The second-order valence-electron chi connectivity index (χ2n) is 12.8. The van der Waals surface area contributed by atoms with E-state index in [1.807, 2.05) is 89.6 Å². The van der Waals surface area contributed by atoms with Gasteiger partial charge in [0.2, 0.25) is 5.75 Å². The molecule has 12 heteroatoms. The number of piperazine rings is 1. The van der Waals surface area contributed by atoms with E-state index in [9.17, 15) is 0 Å². The maximum atomic E-state index is 6.80. The summed E-state index contributed by atoms with van der Waals surface area (Å²) in [5, 5.41) is 9.58. The number of fused-ring (bicyclic) bond motifs is 1. The molecular weight excluding hydrogens is 669 g/mol. The van der Waals surface area contributed by atoms with Gasteiger partial charge in [-0.05, 0) is 55.1 Å². The van der Waals surface area contributed by atoms with Crippen LogP contribution < -0.4 is 34.9 Å². The van der Waals surface area contributed by atoms with Crippen molar-refractivity contribution in [2.45, 2.75) is 6.54 Å². The third-order valence-electron chi connectivity index (χ3n) is 9.42. The Hall–Kier alpha value is -6.27. The third kappa shape index (κ3) is 7.54. The number of likely N-dealkylation sites (N-methyl/N-ethyl adjacent to an activating group) is 1. The van der Waals surface area contributed by atoms with E-state index in [1.54, 1.807) is 28.4 Å². The molecule has 2 aromatic heterocycles. The Bertz CT molecular complexity index is 2190. The number of pyridine rings is 1. The summed E-state index contributed by atoms with van der Waals surface area (Å²) in [5.74, 6) is 3.06. The van der Waals surface area contributed by atoms with E-state index in [1.165, 1.54) is 5.69 Å². The van der Waals surface area contributed by atoms with Gasteiger partial charge in [0.25, 0.3) is 0 Å². The van der Waals surface area contributed by atoms with Crippen LogP contribution in [0.1, 0.15) is 11.3 Å². The zero-order valence-electron chi connectivity index (χ0n) is 30.7. The second-order valence-corrected chi connectivity index (χ2v) is 12.8. The summed E-state index contributed by atoms with van der Waals surface area (Å²) >= 11 is 0. The number of aliphatic imine (C=N–C) groups is 1. The van der Waals surface area contributed by atoms with E-state index in [0.29, 0.717) is 41.0 Å². The number of nitrogens with two attached hydrogens (primary N) is 1. The van der Waals surface area contributed by atoms with Crippen LogP contribution in [-0.4, -0.2) is 87.2 Å². The molecule has 3 heterocycles. The minimum absolute atomic E-state index is 0.272. The van der Waals surface area contributed by atoms with Gasteiger partial charge in [-0.15, -0.1) is 0 Å². The first-order chi connectivity index (χ1) is 25.9. The van der Waals surface area contributed by atoms with Crippen molar-refractivity contribution in [1.82, 2.24) is 19.7 Å². The number of aromatic nitrogens is 3. The average Bonchev–Trinajstić information content (AvgIpc) is 3.56. The number of nitrogens with zero attached hydrogens (tertiary/aromatic N) is 6. The maximum absolute atomic E-state index is 6.80. The van der Waals surface area contributed by atoms with Crippen molar-refractivity contribution in [2.75, 3.05) is 71.9 Å². The van der Waals surface area contributed by atoms with Crippen molar-refractivity contribution in [3.05, 3.63) is 108 Å². The largest absolute Gasteiger partial charge is 0.497 e. The predicted molar refractivity (Wildman–Crippen MR) is 211 cm³/mol. The third-order valence-corrected chi connectivity index (χ3v) is 9.42. The SMILES string of the molecule is COc1ccc(Cn2nc(-c3ccccc3)c3cc(C(N)=Nc4ccc(N5CCN(C)CC5)cc4)nc(Nc4cc(OC)c(OC)c(OC)c4)c32)cc1. The normalized spacial score (nSPS) is 13.6. The fourth-order valence-corrected chi connectivity index (χ4v) is 6.54. The molecule has 0 atom stereocenters. The van der Waals surface area contributed by atoms with E-state index in [0.717, 1.165) is 65.3 Å². The van der Waals surface area contributed by atoms with Gasteiger partial charge in [0.1, 0.15) is 28.5 Å². The minimum Gasteiger partial charge on any atom is -0.497 e. The summed E-state index contributed by atoms with van der Waals surface area (Å²) in [6, 6.07) is 31.9. The lowest BCUT2D eigenvalue weighted by molar-refractivity contribution is 0.313. The molecular formula is C41H44N8O4. The monoisotopic (exact) mass is 712 g/mol. The minimum atomic E-state index is 0.272. The number of benzene rings is 4. The number of nitrogens with one attached hydrogen (secondary N) is 1. The van der Waals surface area contributed by atoms with Crippen LogP contribution in [0, 0.1) is 0 Å².